The molecule has 0 aromatic carbocycles. The second-order valence-electron chi connectivity index (χ2n) is 10.1. The van der Waals surface area contributed by atoms with Crippen molar-refractivity contribution in [2.45, 2.75) is 71.0 Å². The summed E-state index contributed by atoms with van der Waals surface area (Å²) in [5.74, 6) is -2.24. The van der Waals surface area contributed by atoms with E-state index in [4.69, 9.17) is 4.74 Å². The van der Waals surface area contributed by atoms with Gasteiger partial charge in [-0.05, 0) is 49.0 Å². The molecule has 4 aliphatic rings. The molecule has 4 aliphatic carbocycles. The maximum absolute atomic E-state index is 13.5. The molecule has 0 heterocycles. The number of fused-ring (bicyclic) bond motifs is 5. The highest BCUT2D eigenvalue weighted by atomic mass is 16.5. The Labute approximate surface area is 175 Å². The summed E-state index contributed by atoms with van der Waals surface area (Å²) in [7, 11) is 0. The molecular formula is C23H30O7. The van der Waals surface area contributed by atoms with Crippen LogP contribution in [0.25, 0.3) is 0 Å². The van der Waals surface area contributed by atoms with Crippen LogP contribution in [0.3, 0.4) is 0 Å². The van der Waals surface area contributed by atoms with E-state index in [-0.39, 0.29) is 36.2 Å². The molecule has 3 saturated carbocycles. The molecule has 2 N–H and O–H groups in total. The first kappa shape index (κ1) is 21.4. The fourth-order valence-electron chi connectivity index (χ4n) is 7.09. The molecule has 0 amide bonds. The first-order chi connectivity index (χ1) is 13.9. The van der Waals surface area contributed by atoms with Gasteiger partial charge in [-0.2, -0.15) is 0 Å². The number of esters is 1. The third-order valence-electron chi connectivity index (χ3n) is 8.71. The van der Waals surface area contributed by atoms with Crippen molar-refractivity contribution in [3.05, 3.63) is 11.6 Å². The zero-order chi connectivity index (χ0) is 22.1. The number of rotatable bonds is 3. The average Bonchev–Trinajstić information content (AvgIpc) is 2.92. The van der Waals surface area contributed by atoms with Crippen molar-refractivity contribution in [2.24, 2.45) is 28.6 Å². The van der Waals surface area contributed by atoms with E-state index in [0.29, 0.717) is 25.7 Å². The summed E-state index contributed by atoms with van der Waals surface area (Å²) in [6.45, 7) is 4.45. The fourth-order valence-corrected chi connectivity index (χ4v) is 7.09. The lowest BCUT2D eigenvalue weighted by Crippen LogP contribution is -2.63. The number of ether oxygens (including phenoxy) is 1. The minimum atomic E-state index is -1.77. The Hall–Kier alpha value is -1.86. The van der Waals surface area contributed by atoms with Gasteiger partial charge in [-0.3, -0.25) is 19.2 Å². The van der Waals surface area contributed by atoms with Gasteiger partial charge in [0.1, 0.15) is 11.4 Å². The Morgan fingerprint density at radius 3 is 2.60 bits per heavy atom. The van der Waals surface area contributed by atoms with Crippen molar-refractivity contribution >= 4 is 23.3 Å². The summed E-state index contributed by atoms with van der Waals surface area (Å²) in [6, 6.07) is 0. The second kappa shape index (κ2) is 6.82. The molecule has 0 saturated heterocycles. The maximum Gasteiger partial charge on any atom is 0.303 e. The van der Waals surface area contributed by atoms with Crippen LogP contribution in [0.4, 0.5) is 0 Å². The summed E-state index contributed by atoms with van der Waals surface area (Å²) in [6.07, 6.45) is 2.83. The van der Waals surface area contributed by atoms with Gasteiger partial charge in [0.25, 0.3) is 0 Å². The van der Waals surface area contributed by atoms with Crippen molar-refractivity contribution in [3.63, 3.8) is 0 Å². The van der Waals surface area contributed by atoms with E-state index in [9.17, 15) is 29.4 Å². The largest absolute Gasteiger partial charge is 0.458 e. The fraction of sp³-hybridized carbons (Fsp3) is 0.739. The molecule has 0 aliphatic heterocycles. The number of carbonyl (C=O) groups is 4. The van der Waals surface area contributed by atoms with E-state index >= 15 is 0 Å². The normalized spacial score (nSPS) is 45.2. The molecule has 0 radical (unpaired) electrons. The number of hydrogen-bond acceptors (Lipinski definition) is 7. The van der Waals surface area contributed by atoms with Gasteiger partial charge in [-0.25, -0.2) is 0 Å². The molecule has 7 atom stereocenters. The number of hydrogen-bond donors (Lipinski definition) is 2. The average molecular weight is 418 g/mol. The highest BCUT2D eigenvalue weighted by Gasteiger charge is 2.69. The molecule has 0 spiro atoms. The molecule has 7 heteroatoms. The van der Waals surface area contributed by atoms with Crippen LogP contribution in [0.1, 0.15) is 59.3 Å². The summed E-state index contributed by atoms with van der Waals surface area (Å²) < 4.78 is 4.84. The minimum Gasteiger partial charge on any atom is -0.458 e. The van der Waals surface area contributed by atoms with Crippen molar-refractivity contribution in [2.75, 3.05) is 6.61 Å². The molecule has 4 rings (SSSR count). The van der Waals surface area contributed by atoms with Crippen LogP contribution in [0, 0.1) is 28.6 Å². The van der Waals surface area contributed by atoms with E-state index in [2.05, 4.69) is 0 Å². The van der Waals surface area contributed by atoms with Gasteiger partial charge in [-0.1, -0.05) is 19.4 Å². The molecule has 0 bridgehead atoms. The molecule has 3 fully saturated rings. The summed E-state index contributed by atoms with van der Waals surface area (Å²) >= 11 is 0. The van der Waals surface area contributed by atoms with Crippen LogP contribution in [0.2, 0.25) is 0 Å². The molecule has 30 heavy (non-hydrogen) atoms. The Kier molecular flexibility index (Phi) is 4.86. The summed E-state index contributed by atoms with van der Waals surface area (Å²) in [5.41, 5.74) is -2.42. The first-order valence-corrected chi connectivity index (χ1v) is 10.8. The molecule has 0 unspecified atom stereocenters. The Bertz CT molecular complexity index is 860. The highest BCUT2D eigenvalue weighted by molar-refractivity contribution is 5.95. The van der Waals surface area contributed by atoms with Gasteiger partial charge in [0.05, 0.1) is 6.10 Å². The van der Waals surface area contributed by atoms with Gasteiger partial charge in [0.2, 0.25) is 5.78 Å². The number of carbonyl (C=O) groups excluding carboxylic acids is 4. The van der Waals surface area contributed by atoms with E-state index in [1.54, 1.807) is 13.0 Å². The lowest BCUT2D eigenvalue weighted by atomic mass is 9.45. The third-order valence-corrected chi connectivity index (χ3v) is 8.71. The van der Waals surface area contributed by atoms with Gasteiger partial charge >= 0.3 is 5.97 Å². The Balaban J connectivity index is 1.71. The molecule has 164 valence electrons. The standard InChI is InChI=1S/C23H30O7/c1-12(24)30-11-18(28)23(29)7-5-15-19-16(26)9-13-8-14(25)4-6-21(13,2)20(19)17(27)10-22(15,23)3/h8,15-16,19-20,26,29H,4-7,9-11H2,1-3H3/t15-,16+,19+,20-,21-,22-,23-/m0/s1. The summed E-state index contributed by atoms with van der Waals surface area (Å²) in [4.78, 5) is 49.5. The predicted molar refractivity (Wildman–Crippen MR) is 105 cm³/mol. The topological polar surface area (TPSA) is 118 Å². The minimum absolute atomic E-state index is 0.0324. The van der Waals surface area contributed by atoms with Crippen LogP contribution in [-0.4, -0.2) is 51.8 Å². The smallest absolute Gasteiger partial charge is 0.303 e. The van der Waals surface area contributed by atoms with Crippen molar-refractivity contribution in [1.82, 2.24) is 0 Å². The SMILES string of the molecule is CC(=O)OCC(=O)[C@@]1(O)CC[C@H]2[C@@H]3[C@H](O)CC4=CC(=O)CC[C@]4(C)[C@H]3C(=O)C[C@@]21C. The number of aliphatic hydroxyl groups excluding tert-OH is 1. The van der Waals surface area contributed by atoms with Gasteiger partial charge in [0, 0.05) is 31.1 Å². The number of ketones is 3. The maximum atomic E-state index is 13.5. The van der Waals surface area contributed by atoms with Crippen molar-refractivity contribution in [1.29, 1.82) is 0 Å². The zero-order valence-electron chi connectivity index (χ0n) is 17.8. The Morgan fingerprint density at radius 1 is 1.23 bits per heavy atom. The molecular weight excluding hydrogens is 388 g/mol. The van der Waals surface area contributed by atoms with E-state index < -0.39 is 46.8 Å². The lowest BCUT2D eigenvalue weighted by molar-refractivity contribution is -0.180. The zero-order valence-corrected chi connectivity index (χ0v) is 17.8. The molecule has 7 nitrogen and oxygen atoms in total. The number of aliphatic hydroxyl groups is 2. The van der Waals surface area contributed by atoms with Crippen LogP contribution in [0.5, 0.6) is 0 Å². The first-order valence-electron chi connectivity index (χ1n) is 10.8. The highest BCUT2D eigenvalue weighted by Crippen LogP contribution is 2.66. The monoisotopic (exact) mass is 418 g/mol. The van der Waals surface area contributed by atoms with E-state index in [0.717, 1.165) is 5.57 Å². The van der Waals surface area contributed by atoms with Gasteiger partial charge < -0.3 is 14.9 Å². The Morgan fingerprint density at radius 2 is 1.93 bits per heavy atom. The summed E-state index contributed by atoms with van der Waals surface area (Å²) in [5, 5.41) is 22.5. The third kappa shape index (κ3) is 2.78. The van der Waals surface area contributed by atoms with Crippen LogP contribution < -0.4 is 0 Å². The molecule has 0 aromatic rings. The predicted octanol–water partition coefficient (Wildman–Crippen LogP) is 1.53. The van der Waals surface area contributed by atoms with Crippen LogP contribution >= 0.6 is 0 Å². The van der Waals surface area contributed by atoms with Crippen LogP contribution in [-0.2, 0) is 23.9 Å². The van der Waals surface area contributed by atoms with Gasteiger partial charge in [0.15, 0.2) is 12.4 Å². The molecule has 0 aromatic heterocycles. The lowest BCUT2D eigenvalue weighted by Gasteiger charge is -2.59. The van der Waals surface area contributed by atoms with Crippen molar-refractivity contribution in [3.8, 4) is 0 Å². The second-order valence-corrected chi connectivity index (χ2v) is 10.1. The number of Topliss-reactive ketones (excluding diaryl/α,β-unsaturated/α-hetero) is 2. The van der Waals surface area contributed by atoms with E-state index in [1.165, 1.54) is 6.92 Å². The van der Waals surface area contributed by atoms with Crippen LogP contribution in [0.15, 0.2) is 11.6 Å². The van der Waals surface area contributed by atoms with Gasteiger partial charge in [-0.15, -0.1) is 0 Å². The van der Waals surface area contributed by atoms with Crippen molar-refractivity contribution < 1.29 is 34.1 Å². The van der Waals surface area contributed by atoms with E-state index in [1.807, 2.05) is 6.92 Å². The quantitative estimate of drug-likeness (QED) is 0.667.